The van der Waals surface area contributed by atoms with E-state index in [4.69, 9.17) is 0 Å². The summed E-state index contributed by atoms with van der Waals surface area (Å²) in [6.07, 6.45) is 0. The van der Waals surface area contributed by atoms with Crippen molar-refractivity contribution in [3.8, 4) is 0 Å². The van der Waals surface area contributed by atoms with E-state index in [1.54, 1.807) is 6.92 Å². The Morgan fingerprint density at radius 2 is 1.64 bits per heavy atom. The molecule has 0 aliphatic carbocycles. The maximum absolute atomic E-state index is 10.4. The number of nitrogens with zero attached hydrogens (tertiary/aromatic N) is 3. The minimum absolute atomic E-state index is 0.264. The first kappa shape index (κ1) is 11.2. The highest BCUT2D eigenvalue weighted by atomic mass is 16.3. The first-order chi connectivity index (χ1) is 6.18. The number of aromatic nitrogens is 3. The van der Waals surface area contributed by atoms with Gasteiger partial charge in [0.05, 0.1) is 0 Å². The lowest BCUT2D eigenvalue weighted by molar-refractivity contribution is -0.0568. The molecule has 1 aromatic rings. The highest BCUT2D eigenvalue weighted by Crippen LogP contribution is 2.37. The van der Waals surface area contributed by atoms with Gasteiger partial charge in [-0.3, -0.25) is 0 Å². The van der Waals surface area contributed by atoms with Gasteiger partial charge >= 0.3 is 0 Å². The fourth-order valence-corrected chi connectivity index (χ4v) is 1.17. The Hall–Kier alpha value is -0.900. The van der Waals surface area contributed by atoms with E-state index in [2.05, 4.69) is 10.2 Å². The van der Waals surface area contributed by atoms with Gasteiger partial charge in [0.2, 0.25) is 0 Å². The van der Waals surface area contributed by atoms with Gasteiger partial charge in [0.15, 0.2) is 5.82 Å². The van der Waals surface area contributed by atoms with Crippen LogP contribution in [0.5, 0.6) is 0 Å². The van der Waals surface area contributed by atoms with E-state index in [0.717, 1.165) is 5.82 Å². The number of hydrogen-bond acceptors (Lipinski definition) is 3. The van der Waals surface area contributed by atoms with Crippen molar-refractivity contribution < 1.29 is 5.11 Å². The van der Waals surface area contributed by atoms with Gasteiger partial charge in [0.1, 0.15) is 11.4 Å². The van der Waals surface area contributed by atoms with Crippen LogP contribution in [0.15, 0.2) is 0 Å². The van der Waals surface area contributed by atoms with Gasteiger partial charge in [-0.25, -0.2) is 0 Å². The Morgan fingerprint density at radius 3 is 1.93 bits per heavy atom. The van der Waals surface area contributed by atoms with E-state index in [1.807, 2.05) is 39.3 Å². The van der Waals surface area contributed by atoms with Crippen molar-refractivity contribution in [3.63, 3.8) is 0 Å². The quantitative estimate of drug-likeness (QED) is 0.740. The fourth-order valence-electron chi connectivity index (χ4n) is 1.17. The highest BCUT2D eigenvalue weighted by Gasteiger charge is 2.40. The van der Waals surface area contributed by atoms with Crippen molar-refractivity contribution in [2.45, 2.75) is 40.2 Å². The summed E-state index contributed by atoms with van der Waals surface area (Å²) in [7, 11) is 1.87. The maximum atomic E-state index is 10.4. The Kier molecular flexibility index (Phi) is 2.44. The molecule has 1 unspecified atom stereocenters. The number of aryl methyl sites for hydroxylation is 1. The molecule has 0 spiro atoms. The summed E-state index contributed by atoms with van der Waals surface area (Å²) in [6.45, 7) is 9.59. The first-order valence-corrected chi connectivity index (χ1v) is 4.77. The van der Waals surface area contributed by atoms with Gasteiger partial charge in [-0.05, 0) is 19.3 Å². The van der Waals surface area contributed by atoms with E-state index in [9.17, 15) is 5.11 Å². The van der Waals surface area contributed by atoms with Gasteiger partial charge < -0.3 is 9.67 Å². The van der Waals surface area contributed by atoms with Gasteiger partial charge in [-0.15, -0.1) is 10.2 Å². The Labute approximate surface area is 85.0 Å². The summed E-state index contributed by atoms with van der Waals surface area (Å²) in [5.74, 6) is 1.42. The molecule has 1 aromatic heterocycles. The number of rotatable bonds is 1. The third kappa shape index (κ3) is 1.54. The molecule has 80 valence electrons. The second-order valence-corrected chi connectivity index (χ2v) is 4.95. The average Bonchev–Trinajstić information content (AvgIpc) is 2.30. The molecule has 1 atom stereocenters. The third-order valence-electron chi connectivity index (χ3n) is 2.99. The zero-order valence-corrected chi connectivity index (χ0v) is 9.79. The second kappa shape index (κ2) is 3.05. The van der Waals surface area contributed by atoms with Crippen LogP contribution >= 0.6 is 0 Å². The Balaban J connectivity index is 3.23. The van der Waals surface area contributed by atoms with E-state index in [-0.39, 0.29) is 5.41 Å². The van der Waals surface area contributed by atoms with Crippen LogP contribution in [0, 0.1) is 12.3 Å². The molecule has 0 aliphatic heterocycles. The SMILES string of the molecule is Cc1nnc(C(C)(O)C(C)(C)C)n1C. The molecule has 0 saturated heterocycles. The van der Waals surface area contributed by atoms with Gasteiger partial charge in [0.25, 0.3) is 0 Å². The molecule has 0 amide bonds. The molecule has 14 heavy (non-hydrogen) atoms. The molecule has 1 N–H and O–H groups in total. The van der Waals surface area contributed by atoms with Crippen molar-refractivity contribution in [1.82, 2.24) is 14.8 Å². The van der Waals surface area contributed by atoms with Crippen LogP contribution < -0.4 is 0 Å². The van der Waals surface area contributed by atoms with E-state index >= 15 is 0 Å². The average molecular weight is 197 g/mol. The predicted molar refractivity (Wildman–Crippen MR) is 54.8 cm³/mol. The van der Waals surface area contributed by atoms with Gasteiger partial charge in [0, 0.05) is 7.05 Å². The lowest BCUT2D eigenvalue weighted by Crippen LogP contribution is -2.39. The van der Waals surface area contributed by atoms with Crippen LogP contribution in [0.3, 0.4) is 0 Å². The zero-order valence-electron chi connectivity index (χ0n) is 9.79. The van der Waals surface area contributed by atoms with Gasteiger partial charge in [-0.2, -0.15) is 0 Å². The lowest BCUT2D eigenvalue weighted by atomic mass is 9.77. The summed E-state index contributed by atoms with van der Waals surface area (Å²) in [6, 6.07) is 0. The van der Waals surface area contributed by atoms with Crippen molar-refractivity contribution in [2.75, 3.05) is 0 Å². The minimum atomic E-state index is -0.969. The van der Waals surface area contributed by atoms with Crippen molar-refractivity contribution in [2.24, 2.45) is 12.5 Å². The van der Waals surface area contributed by atoms with Crippen LogP contribution in [-0.4, -0.2) is 19.9 Å². The van der Waals surface area contributed by atoms with Crippen molar-refractivity contribution in [3.05, 3.63) is 11.6 Å². The molecule has 0 aliphatic rings. The monoisotopic (exact) mass is 197 g/mol. The topological polar surface area (TPSA) is 50.9 Å². The molecule has 0 aromatic carbocycles. The van der Waals surface area contributed by atoms with Crippen LogP contribution in [0.2, 0.25) is 0 Å². The Bertz CT molecular complexity index is 334. The molecule has 4 nitrogen and oxygen atoms in total. The van der Waals surface area contributed by atoms with Crippen molar-refractivity contribution >= 4 is 0 Å². The molecular weight excluding hydrogens is 178 g/mol. The lowest BCUT2D eigenvalue weighted by Gasteiger charge is -2.35. The fraction of sp³-hybridized carbons (Fsp3) is 0.800. The molecule has 0 radical (unpaired) electrons. The normalized spacial score (nSPS) is 16.8. The summed E-state index contributed by atoms with van der Waals surface area (Å²) < 4.78 is 1.82. The van der Waals surface area contributed by atoms with Crippen LogP contribution in [0.4, 0.5) is 0 Å². The van der Waals surface area contributed by atoms with E-state index in [1.165, 1.54) is 0 Å². The maximum Gasteiger partial charge on any atom is 0.165 e. The largest absolute Gasteiger partial charge is 0.382 e. The molecule has 0 fully saturated rings. The standard InChI is InChI=1S/C10H19N3O/c1-7-11-12-8(13(7)6)10(5,14)9(2,3)4/h14H,1-6H3. The van der Waals surface area contributed by atoms with Crippen LogP contribution in [0.25, 0.3) is 0 Å². The first-order valence-electron chi connectivity index (χ1n) is 4.77. The molecular formula is C10H19N3O. The van der Waals surface area contributed by atoms with E-state index < -0.39 is 5.60 Å². The van der Waals surface area contributed by atoms with E-state index in [0.29, 0.717) is 5.82 Å². The second-order valence-electron chi connectivity index (χ2n) is 4.95. The molecule has 0 bridgehead atoms. The summed E-state index contributed by atoms with van der Waals surface area (Å²) in [4.78, 5) is 0. The third-order valence-corrected chi connectivity index (χ3v) is 2.99. The van der Waals surface area contributed by atoms with Crippen LogP contribution in [0.1, 0.15) is 39.3 Å². The summed E-state index contributed by atoms with van der Waals surface area (Å²) in [5.41, 5.74) is -1.23. The smallest absolute Gasteiger partial charge is 0.165 e. The predicted octanol–water partition coefficient (Wildman–Crippen LogP) is 1.38. The van der Waals surface area contributed by atoms with Gasteiger partial charge in [-0.1, -0.05) is 20.8 Å². The molecule has 4 heteroatoms. The van der Waals surface area contributed by atoms with Crippen LogP contribution in [-0.2, 0) is 12.6 Å². The minimum Gasteiger partial charge on any atom is -0.382 e. The Morgan fingerprint density at radius 1 is 1.14 bits per heavy atom. The number of aliphatic hydroxyl groups is 1. The summed E-state index contributed by atoms with van der Waals surface area (Å²) in [5, 5.41) is 18.4. The molecule has 1 rings (SSSR count). The summed E-state index contributed by atoms with van der Waals surface area (Å²) >= 11 is 0. The molecule has 1 heterocycles. The number of hydrogen-bond donors (Lipinski definition) is 1. The highest BCUT2D eigenvalue weighted by molar-refractivity contribution is 5.07. The zero-order chi connectivity index (χ0) is 11.1. The van der Waals surface area contributed by atoms with Crippen molar-refractivity contribution in [1.29, 1.82) is 0 Å². The molecule has 0 saturated carbocycles.